The van der Waals surface area contributed by atoms with Gasteiger partial charge in [-0.2, -0.15) is 0 Å². The molecule has 5 rings (SSSR count). The standard InChI is InChI=1S/C25H23N7/c1-4-10-19(11-5-1)16-26-24-22-23(32(31-28-22)18-21-14-8-3-9-15-21)25(30-29-24)27-17-20-12-6-2-7-13-20/h1-15H,16-18H2,(H,26,29)(H,27,30). The molecule has 0 aliphatic carbocycles. The Morgan fingerprint density at radius 3 is 1.66 bits per heavy atom. The monoisotopic (exact) mass is 421 g/mol. The summed E-state index contributed by atoms with van der Waals surface area (Å²) in [5.41, 5.74) is 4.99. The van der Waals surface area contributed by atoms with E-state index in [1.54, 1.807) is 0 Å². The van der Waals surface area contributed by atoms with E-state index in [9.17, 15) is 0 Å². The van der Waals surface area contributed by atoms with E-state index in [1.165, 1.54) is 0 Å². The van der Waals surface area contributed by atoms with Crippen LogP contribution in [0.25, 0.3) is 11.0 Å². The lowest BCUT2D eigenvalue weighted by Gasteiger charge is -2.11. The Labute approximate surface area is 186 Å². The van der Waals surface area contributed by atoms with Crippen molar-refractivity contribution < 1.29 is 0 Å². The lowest BCUT2D eigenvalue weighted by Crippen LogP contribution is -2.10. The van der Waals surface area contributed by atoms with Gasteiger partial charge in [-0.1, -0.05) is 96.2 Å². The summed E-state index contributed by atoms with van der Waals surface area (Å²) in [6.45, 7) is 1.87. The molecule has 2 N–H and O–H groups in total. The van der Waals surface area contributed by atoms with E-state index >= 15 is 0 Å². The summed E-state index contributed by atoms with van der Waals surface area (Å²) in [5.74, 6) is 1.28. The van der Waals surface area contributed by atoms with Gasteiger partial charge >= 0.3 is 0 Å². The molecule has 0 saturated heterocycles. The van der Waals surface area contributed by atoms with Crippen LogP contribution in [0.2, 0.25) is 0 Å². The molecule has 158 valence electrons. The Hall–Kier alpha value is -4.26. The van der Waals surface area contributed by atoms with Gasteiger partial charge in [-0.05, 0) is 16.7 Å². The van der Waals surface area contributed by atoms with Crippen molar-refractivity contribution in [2.75, 3.05) is 10.6 Å². The molecule has 0 bridgehead atoms. The highest BCUT2D eigenvalue weighted by Gasteiger charge is 2.17. The van der Waals surface area contributed by atoms with Crippen molar-refractivity contribution in [1.29, 1.82) is 0 Å². The van der Waals surface area contributed by atoms with Crippen LogP contribution in [-0.4, -0.2) is 25.2 Å². The maximum Gasteiger partial charge on any atom is 0.179 e. The van der Waals surface area contributed by atoms with Gasteiger partial charge in [0, 0.05) is 13.1 Å². The maximum absolute atomic E-state index is 4.48. The molecule has 5 aromatic rings. The first-order valence-electron chi connectivity index (χ1n) is 10.6. The minimum Gasteiger partial charge on any atom is -0.363 e. The van der Waals surface area contributed by atoms with Crippen LogP contribution in [0, 0.1) is 0 Å². The second kappa shape index (κ2) is 9.26. The zero-order valence-corrected chi connectivity index (χ0v) is 17.5. The summed E-state index contributed by atoms with van der Waals surface area (Å²) in [6, 6.07) is 30.6. The molecule has 0 fully saturated rings. The third-order valence-electron chi connectivity index (χ3n) is 5.21. The number of rotatable bonds is 8. The van der Waals surface area contributed by atoms with E-state index in [0.29, 0.717) is 36.8 Å². The molecule has 2 aromatic heterocycles. The van der Waals surface area contributed by atoms with Crippen LogP contribution >= 0.6 is 0 Å². The van der Waals surface area contributed by atoms with Crippen molar-refractivity contribution in [3.05, 3.63) is 108 Å². The molecular formula is C25H23N7. The van der Waals surface area contributed by atoms with Crippen molar-refractivity contribution in [3.63, 3.8) is 0 Å². The third kappa shape index (κ3) is 4.41. The van der Waals surface area contributed by atoms with Gasteiger partial charge in [0.1, 0.15) is 5.52 Å². The lowest BCUT2D eigenvalue weighted by molar-refractivity contribution is 0.669. The first-order chi connectivity index (χ1) is 15.9. The predicted octanol–water partition coefficient (Wildman–Crippen LogP) is 4.49. The van der Waals surface area contributed by atoms with E-state index in [1.807, 2.05) is 59.3 Å². The van der Waals surface area contributed by atoms with Gasteiger partial charge in [0.25, 0.3) is 0 Å². The molecule has 0 unspecified atom stereocenters. The highest BCUT2D eigenvalue weighted by atomic mass is 15.4. The van der Waals surface area contributed by atoms with Crippen LogP contribution in [0.3, 0.4) is 0 Å². The van der Waals surface area contributed by atoms with Gasteiger partial charge in [0.15, 0.2) is 17.2 Å². The number of hydrogen-bond donors (Lipinski definition) is 2. The van der Waals surface area contributed by atoms with Crippen molar-refractivity contribution in [3.8, 4) is 0 Å². The zero-order chi connectivity index (χ0) is 21.6. The van der Waals surface area contributed by atoms with Gasteiger partial charge in [-0.25, -0.2) is 4.68 Å². The first kappa shape index (κ1) is 19.7. The summed E-state index contributed by atoms with van der Waals surface area (Å²) in [5, 5.41) is 24.6. The molecule has 0 atom stereocenters. The second-order valence-corrected chi connectivity index (χ2v) is 7.51. The van der Waals surface area contributed by atoms with Crippen molar-refractivity contribution in [1.82, 2.24) is 25.2 Å². The molecule has 32 heavy (non-hydrogen) atoms. The minimum atomic E-state index is 0.598. The van der Waals surface area contributed by atoms with Crippen LogP contribution in [0.4, 0.5) is 11.6 Å². The second-order valence-electron chi connectivity index (χ2n) is 7.51. The highest BCUT2D eigenvalue weighted by Crippen LogP contribution is 2.25. The molecule has 0 saturated carbocycles. The molecule has 0 spiro atoms. The summed E-state index contributed by atoms with van der Waals surface area (Å²) < 4.78 is 1.88. The zero-order valence-electron chi connectivity index (χ0n) is 17.5. The largest absolute Gasteiger partial charge is 0.363 e. The van der Waals surface area contributed by atoms with Gasteiger partial charge in [0.2, 0.25) is 0 Å². The van der Waals surface area contributed by atoms with Gasteiger partial charge in [-0.15, -0.1) is 15.3 Å². The average molecular weight is 422 g/mol. The summed E-state index contributed by atoms with van der Waals surface area (Å²) in [4.78, 5) is 0. The molecule has 0 aliphatic rings. The maximum atomic E-state index is 4.48. The third-order valence-corrected chi connectivity index (χ3v) is 5.21. The molecule has 7 nitrogen and oxygen atoms in total. The highest BCUT2D eigenvalue weighted by molar-refractivity contribution is 5.92. The lowest BCUT2D eigenvalue weighted by atomic mass is 10.2. The fourth-order valence-electron chi connectivity index (χ4n) is 3.57. The van der Waals surface area contributed by atoms with E-state index < -0.39 is 0 Å². The van der Waals surface area contributed by atoms with Gasteiger partial charge in [0.05, 0.1) is 6.54 Å². The Kier molecular flexibility index (Phi) is 5.70. The molecule has 2 heterocycles. The Balaban J connectivity index is 1.47. The van der Waals surface area contributed by atoms with E-state index in [-0.39, 0.29) is 0 Å². The number of nitrogens with one attached hydrogen (secondary N) is 2. The first-order valence-corrected chi connectivity index (χ1v) is 10.6. The Bertz CT molecular complexity index is 1290. The number of fused-ring (bicyclic) bond motifs is 1. The normalized spacial score (nSPS) is 10.9. The topological polar surface area (TPSA) is 80.6 Å². The van der Waals surface area contributed by atoms with Crippen molar-refractivity contribution in [2.45, 2.75) is 19.6 Å². The van der Waals surface area contributed by atoms with Crippen LogP contribution in [0.5, 0.6) is 0 Å². The van der Waals surface area contributed by atoms with E-state index in [0.717, 1.165) is 22.2 Å². The Morgan fingerprint density at radius 1 is 0.562 bits per heavy atom. The summed E-state index contributed by atoms with van der Waals surface area (Å²) >= 11 is 0. The summed E-state index contributed by atoms with van der Waals surface area (Å²) in [6.07, 6.45) is 0. The average Bonchev–Trinajstić information content (AvgIpc) is 3.28. The molecule has 7 heteroatoms. The molecule has 3 aromatic carbocycles. The molecular weight excluding hydrogens is 398 g/mol. The number of anilines is 2. The number of benzene rings is 3. The smallest absolute Gasteiger partial charge is 0.179 e. The number of aromatic nitrogens is 5. The van der Waals surface area contributed by atoms with Gasteiger partial charge < -0.3 is 10.6 Å². The molecule has 0 aliphatic heterocycles. The van der Waals surface area contributed by atoms with E-state index in [4.69, 9.17) is 0 Å². The van der Waals surface area contributed by atoms with Crippen LogP contribution < -0.4 is 10.6 Å². The predicted molar refractivity (Wildman–Crippen MR) is 126 cm³/mol. The van der Waals surface area contributed by atoms with Crippen molar-refractivity contribution >= 4 is 22.7 Å². The number of nitrogens with zero attached hydrogens (tertiary/aromatic N) is 5. The van der Waals surface area contributed by atoms with Gasteiger partial charge in [-0.3, -0.25) is 0 Å². The summed E-state index contributed by atoms with van der Waals surface area (Å²) in [7, 11) is 0. The van der Waals surface area contributed by atoms with Crippen LogP contribution in [-0.2, 0) is 19.6 Å². The molecule has 0 radical (unpaired) electrons. The van der Waals surface area contributed by atoms with Crippen LogP contribution in [0.1, 0.15) is 16.7 Å². The fraction of sp³-hybridized carbons (Fsp3) is 0.120. The fourth-order valence-corrected chi connectivity index (χ4v) is 3.57. The van der Waals surface area contributed by atoms with Crippen molar-refractivity contribution in [2.24, 2.45) is 0 Å². The quantitative estimate of drug-likeness (QED) is 0.384. The molecule has 0 amide bonds. The van der Waals surface area contributed by atoms with Crippen LogP contribution in [0.15, 0.2) is 91.0 Å². The Morgan fingerprint density at radius 2 is 1.06 bits per heavy atom. The SMILES string of the molecule is c1ccc(CNc2nnc(NCc3ccccc3)c3c2nnn3Cc2ccccc2)cc1. The van der Waals surface area contributed by atoms with E-state index in [2.05, 4.69) is 67.5 Å². The number of hydrogen-bond acceptors (Lipinski definition) is 6. The minimum absolute atomic E-state index is 0.598.